The van der Waals surface area contributed by atoms with Crippen LogP contribution in [0.3, 0.4) is 0 Å². The van der Waals surface area contributed by atoms with Crippen LogP contribution in [0.25, 0.3) is 10.9 Å². The van der Waals surface area contributed by atoms with Crippen LogP contribution in [0.5, 0.6) is 11.5 Å². The van der Waals surface area contributed by atoms with Gasteiger partial charge in [0.15, 0.2) is 11.6 Å². The molecule has 0 unspecified atom stereocenters. The van der Waals surface area contributed by atoms with E-state index in [2.05, 4.69) is 4.98 Å². The van der Waals surface area contributed by atoms with Crippen LogP contribution in [-0.2, 0) is 6.61 Å². The minimum Gasteiger partial charge on any atom is -0.452 e. The monoisotopic (exact) mass is 284 g/mol. The summed E-state index contributed by atoms with van der Waals surface area (Å²) in [6, 6.07) is 11.6. The lowest BCUT2D eigenvalue weighted by molar-refractivity contribution is 0.276. The standard InChI is InChI=1S/C16H13FN2O2/c17-12-8-13(18)11-5-3-7-19-15(11)16(12)21-14-6-2-1-4-10(14)9-20/h1-8,20H,9,18H2. The van der Waals surface area contributed by atoms with Crippen LogP contribution in [0.1, 0.15) is 5.56 Å². The fourth-order valence-corrected chi connectivity index (χ4v) is 2.15. The Hall–Kier alpha value is -2.66. The van der Waals surface area contributed by atoms with Crippen LogP contribution >= 0.6 is 0 Å². The second-order valence-corrected chi connectivity index (χ2v) is 4.54. The van der Waals surface area contributed by atoms with Gasteiger partial charge in [0.05, 0.1) is 6.61 Å². The molecule has 0 fully saturated rings. The number of hydrogen-bond donors (Lipinski definition) is 2. The number of pyridine rings is 1. The maximum absolute atomic E-state index is 14.2. The topological polar surface area (TPSA) is 68.4 Å². The van der Waals surface area contributed by atoms with Gasteiger partial charge in [-0.05, 0) is 18.2 Å². The SMILES string of the molecule is Nc1cc(F)c(Oc2ccccc2CO)c2ncccc12. The van der Waals surface area contributed by atoms with Crippen LogP contribution in [0.15, 0.2) is 48.7 Å². The van der Waals surface area contributed by atoms with E-state index >= 15 is 0 Å². The average Bonchev–Trinajstić information content (AvgIpc) is 2.52. The smallest absolute Gasteiger partial charge is 0.189 e. The molecule has 0 aliphatic carbocycles. The summed E-state index contributed by atoms with van der Waals surface area (Å²) in [5.74, 6) is -0.206. The number of anilines is 1. The van der Waals surface area contributed by atoms with Gasteiger partial charge in [-0.25, -0.2) is 4.39 Å². The molecule has 3 aromatic rings. The summed E-state index contributed by atoms with van der Waals surface area (Å²) in [7, 11) is 0. The predicted molar refractivity (Wildman–Crippen MR) is 78.6 cm³/mol. The van der Waals surface area contributed by atoms with E-state index in [0.717, 1.165) is 0 Å². The van der Waals surface area contributed by atoms with Crippen molar-refractivity contribution in [1.82, 2.24) is 4.98 Å². The molecule has 1 heterocycles. The Morgan fingerprint density at radius 1 is 1.19 bits per heavy atom. The number of para-hydroxylation sites is 1. The van der Waals surface area contributed by atoms with E-state index in [1.54, 1.807) is 42.6 Å². The molecule has 1 aromatic heterocycles. The molecule has 106 valence electrons. The van der Waals surface area contributed by atoms with Crippen molar-refractivity contribution in [2.24, 2.45) is 0 Å². The zero-order valence-electron chi connectivity index (χ0n) is 11.1. The summed E-state index contributed by atoms with van der Waals surface area (Å²) in [6.07, 6.45) is 1.55. The van der Waals surface area contributed by atoms with Crippen molar-refractivity contribution in [2.45, 2.75) is 6.61 Å². The molecule has 5 heteroatoms. The van der Waals surface area contributed by atoms with E-state index < -0.39 is 5.82 Å². The molecule has 0 aliphatic heterocycles. The summed E-state index contributed by atoms with van der Waals surface area (Å²) in [5.41, 5.74) is 7.02. The molecule has 4 nitrogen and oxygen atoms in total. The maximum atomic E-state index is 14.2. The van der Waals surface area contributed by atoms with Crippen LogP contribution in [0, 0.1) is 5.82 Å². The normalized spacial score (nSPS) is 10.8. The number of halogens is 1. The number of rotatable bonds is 3. The third-order valence-electron chi connectivity index (χ3n) is 3.19. The molecule has 0 saturated carbocycles. The van der Waals surface area contributed by atoms with E-state index in [9.17, 15) is 9.50 Å². The average molecular weight is 284 g/mol. The highest BCUT2D eigenvalue weighted by molar-refractivity contribution is 5.94. The van der Waals surface area contributed by atoms with Gasteiger partial charge >= 0.3 is 0 Å². The number of nitrogens with zero attached hydrogens (tertiary/aromatic N) is 1. The first kappa shape index (κ1) is 13.3. The number of hydrogen-bond acceptors (Lipinski definition) is 4. The highest BCUT2D eigenvalue weighted by Crippen LogP contribution is 2.35. The molecule has 0 amide bonds. The molecule has 0 atom stereocenters. The Morgan fingerprint density at radius 2 is 2.00 bits per heavy atom. The summed E-state index contributed by atoms with van der Waals surface area (Å²) in [5, 5.41) is 9.93. The van der Waals surface area contributed by atoms with Crippen molar-refractivity contribution >= 4 is 16.6 Å². The third-order valence-corrected chi connectivity index (χ3v) is 3.19. The van der Waals surface area contributed by atoms with Crippen molar-refractivity contribution in [3.8, 4) is 11.5 Å². The van der Waals surface area contributed by atoms with Crippen molar-refractivity contribution in [1.29, 1.82) is 0 Å². The van der Waals surface area contributed by atoms with Crippen LogP contribution in [0.4, 0.5) is 10.1 Å². The molecule has 3 rings (SSSR count). The van der Waals surface area contributed by atoms with Crippen molar-refractivity contribution in [3.63, 3.8) is 0 Å². The Kier molecular flexibility index (Phi) is 3.41. The highest BCUT2D eigenvalue weighted by atomic mass is 19.1. The van der Waals surface area contributed by atoms with E-state index in [4.69, 9.17) is 10.5 Å². The molecule has 0 radical (unpaired) electrons. The molecular formula is C16H13FN2O2. The fraction of sp³-hybridized carbons (Fsp3) is 0.0625. The van der Waals surface area contributed by atoms with Gasteiger partial charge in [-0.3, -0.25) is 4.98 Å². The number of fused-ring (bicyclic) bond motifs is 1. The molecule has 0 spiro atoms. The van der Waals surface area contributed by atoms with Gasteiger partial charge in [0.25, 0.3) is 0 Å². The third kappa shape index (κ3) is 2.39. The lowest BCUT2D eigenvalue weighted by atomic mass is 10.1. The second kappa shape index (κ2) is 5.38. The van der Waals surface area contributed by atoms with Crippen molar-refractivity contribution in [3.05, 3.63) is 60.0 Å². The number of aliphatic hydroxyl groups excluding tert-OH is 1. The Balaban J connectivity index is 2.17. The molecule has 0 saturated heterocycles. The summed E-state index contributed by atoms with van der Waals surface area (Å²) < 4.78 is 19.8. The molecule has 2 aromatic carbocycles. The van der Waals surface area contributed by atoms with Crippen LogP contribution < -0.4 is 10.5 Å². The number of nitrogens with two attached hydrogens (primary N) is 1. The number of aliphatic hydroxyl groups is 1. The minimum absolute atomic E-state index is 0.000648. The van der Waals surface area contributed by atoms with Crippen LogP contribution in [-0.4, -0.2) is 10.1 Å². The van der Waals surface area contributed by atoms with E-state index in [0.29, 0.717) is 27.9 Å². The van der Waals surface area contributed by atoms with Gasteiger partial charge in [0.1, 0.15) is 11.3 Å². The predicted octanol–water partition coefficient (Wildman–Crippen LogP) is 3.24. The zero-order valence-corrected chi connectivity index (χ0v) is 11.1. The largest absolute Gasteiger partial charge is 0.452 e. The van der Waals surface area contributed by atoms with E-state index in [-0.39, 0.29) is 12.4 Å². The van der Waals surface area contributed by atoms with Crippen LogP contribution in [0.2, 0.25) is 0 Å². The molecule has 3 N–H and O–H groups in total. The Morgan fingerprint density at radius 3 is 2.81 bits per heavy atom. The van der Waals surface area contributed by atoms with Gasteiger partial charge in [-0.1, -0.05) is 18.2 Å². The van der Waals surface area contributed by atoms with Crippen molar-refractivity contribution < 1.29 is 14.2 Å². The van der Waals surface area contributed by atoms with Gasteiger partial charge in [0.2, 0.25) is 0 Å². The number of ether oxygens (including phenoxy) is 1. The molecule has 21 heavy (non-hydrogen) atoms. The first-order valence-corrected chi connectivity index (χ1v) is 6.40. The first-order valence-electron chi connectivity index (χ1n) is 6.40. The summed E-state index contributed by atoms with van der Waals surface area (Å²) in [4.78, 5) is 4.15. The number of aromatic nitrogens is 1. The lowest BCUT2D eigenvalue weighted by Crippen LogP contribution is -1.98. The maximum Gasteiger partial charge on any atom is 0.189 e. The van der Waals surface area contributed by atoms with Gasteiger partial charge < -0.3 is 15.6 Å². The van der Waals surface area contributed by atoms with Gasteiger partial charge in [0, 0.05) is 28.9 Å². The Bertz CT molecular complexity index is 805. The second-order valence-electron chi connectivity index (χ2n) is 4.54. The van der Waals surface area contributed by atoms with E-state index in [1.165, 1.54) is 6.07 Å². The minimum atomic E-state index is -0.591. The van der Waals surface area contributed by atoms with Gasteiger partial charge in [-0.2, -0.15) is 0 Å². The van der Waals surface area contributed by atoms with Crippen molar-refractivity contribution in [2.75, 3.05) is 5.73 Å². The quantitative estimate of drug-likeness (QED) is 0.724. The lowest BCUT2D eigenvalue weighted by Gasteiger charge is -2.13. The number of nitrogen functional groups attached to an aromatic ring is 1. The number of benzene rings is 2. The molecular weight excluding hydrogens is 271 g/mol. The van der Waals surface area contributed by atoms with Gasteiger partial charge in [-0.15, -0.1) is 0 Å². The molecule has 0 aliphatic rings. The Labute approximate surface area is 120 Å². The highest BCUT2D eigenvalue weighted by Gasteiger charge is 2.15. The molecule has 0 bridgehead atoms. The van der Waals surface area contributed by atoms with E-state index in [1.807, 2.05) is 0 Å². The fourth-order valence-electron chi connectivity index (χ4n) is 2.15. The zero-order chi connectivity index (χ0) is 14.8. The first-order chi connectivity index (χ1) is 10.2. The summed E-state index contributed by atoms with van der Waals surface area (Å²) >= 11 is 0. The summed E-state index contributed by atoms with van der Waals surface area (Å²) in [6.45, 7) is -0.196.